The minimum atomic E-state index is -1.04. The summed E-state index contributed by atoms with van der Waals surface area (Å²) in [5, 5.41) is 14.7. The number of amides is 1. The Morgan fingerprint density at radius 2 is 1.93 bits per heavy atom. The molecule has 2 aromatic heterocycles. The maximum absolute atomic E-state index is 15.7. The second-order valence-corrected chi connectivity index (χ2v) is 9.91. The third-order valence-corrected chi connectivity index (χ3v) is 6.88. The second kappa shape index (κ2) is 10.8. The van der Waals surface area contributed by atoms with Gasteiger partial charge in [0, 0.05) is 18.0 Å². The highest BCUT2D eigenvalue weighted by atomic mass is 35.5. The highest BCUT2D eigenvalue weighted by molar-refractivity contribution is 6.35. The van der Waals surface area contributed by atoms with E-state index in [1.165, 1.54) is 18.6 Å². The molecule has 2 N–H and O–H groups in total. The van der Waals surface area contributed by atoms with Crippen molar-refractivity contribution < 1.29 is 13.6 Å². The third kappa shape index (κ3) is 4.99. The number of hydrogen-bond acceptors (Lipinski definition) is 7. The molecule has 0 saturated heterocycles. The van der Waals surface area contributed by atoms with Crippen LogP contribution in [-0.4, -0.2) is 27.1 Å². The first-order valence-electron chi connectivity index (χ1n) is 12.3. The van der Waals surface area contributed by atoms with E-state index in [0.29, 0.717) is 28.9 Å². The molecule has 1 aliphatic heterocycles. The van der Waals surface area contributed by atoms with Gasteiger partial charge in [0.25, 0.3) is 5.91 Å². The fourth-order valence-corrected chi connectivity index (χ4v) is 4.75. The van der Waals surface area contributed by atoms with Crippen molar-refractivity contribution >= 4 is 46.6 Å². The lowest BCUT2D eigenvalue weighted by Gasteiger charge is -2.19. The molecule has 0 radical (unpaired) electrons. The molecule has 8 nitrogen and oxygen atoms in total. The molecule has 1 aliphatic rings. The van der Waals surface area contributed by atoms with E-state index in [2.05, 4.69) is 36.6 Å². The maximum atomic E-state index is 15.7. The van der Waals surface area contributed by atoms with Crippen LogP contribution < -0.4 is 10.6 Å². The van der Waals surface area contributed by atoms with E-state index < -0.39 is 28.6 Å². The summed E-state index contributed by atoms with van der Waals surface area (Å²) in [5.41, 5.74) is 1.02. The normalized spacial score (nSPS) is 12.4. The number of nitrogens with one attached hydrogen (secondary N) is 2. The van der Waals surface area contributed by atoms with E-state index >= 15 is 4.39 Å². The summed E-state index contributed by atoms with van der Waals surface area (Å²) < 4.78 is 30.6. The predicted octanol–water partition coefficient (Wildman–Crippen LogP) is 6.92. The molecule has 1 amide bonds. The van der Waals surface area contributed by atoms with E-state index in [0.717, 1.165) is 24.2 Å². The number of aliphatic imine (C=N–C) groups is 1. The Kier molecular flexibility index (Phi) is 7.24. The second-order valence-electron chi connectivity index (χ2n) is 9.53. The van der Waals surface area contributed by atoms with Crippen molar-refractivity contribution in [3.8, 4) is 17.3 Å². The van der Waals surface area contributed by atoms with Crippen molar-refractivity contribution in [2.24, 2.45) is 4.99 Å². The van der Waals surface area contributed by atoms with E-state index in [-0.39, 0.29) is 22.1 Å². The molecule has 40 heavy (non-hydrogen) atoms. The molecule has 2 aromatic carbocycles. The monoisotopic (exact) mass is 557 g/mol. The van der Waals surface area contributed by atoms with Crippen LogP contribution in [0.25, 0.3) is 11.3 Å². The van der Waals surface area contributed by atoms with Gasteiger partial charge in [0.05, 0.1) is 33.5 Å². The number of hydrogen-bond donors (Lipinski definition) is 2. The van der Waals surface area contributed by atoms with Gasteiger partial charge in [-0.3, -0.25) is 9.79 Å². The Balaban J connectivity index is 1.48. The van der Waals surface area contributed by atoms with Gasteiger partial charge in [-0.05, 0) is 62.6 Å². The van der Waals surface area contributed by atoms with Crippen LogP contribution in [0.2, 0.25) is 5.02 Å². The molecular formula is C29H22ClF2N7O. The molecule has 0 bridgehead atoms. The number of carbonyl (C=O) groups is 1. The van der Waals surface area contributed by atoms with Crippen molar-refractivity contribution in [1.82, 2.24) is 15.0 Å². The number of halogens is 3. The van der Waals surface area contributed by atoms with Gasteiger partial charge >= 0.3 is 0 Å². The van der Waals surface area contributed by atoms with Gasteiger partial charge in [0.2, 0.25) is 0 Å². The lowest BCUT2D eigenvalue weighted by atomic mass is 9.85. The SMILES string of the molecule is CC(C)(C#N)c1cccc(C(=O)Nc2ccc(F)c(Nc3ncccc3-c3ncnc4c3N=CCC4)c2F)c1Cl. The number of carbonyl (C=O) groups excluding carboxylic acids is 1. The van der Waals surface area contributed by atoms with Crippen LogP contribution in [-0.2, 0) is 11.8 Å². The first-order chi connectivity index (χ1) is 19.2. The lowest BCUT2D eigenvalue weighted by Crippen LogP contribution is -2.19. The molecule has 5 rings (SSSR count). The first kappa shape index (κ1) is 26.8. The number of nitriles is 1. The summed E-state index contributed by atoms with van der Waals surface area (Å²) in [6.07, 6.45) is 6.11. The van der Waals surface area contributed by atoms with Gasteiger partial charge in [-0.2, -0.15) is 5.26 Å². The van der Waals surface area contributed by atoms with Gasteiger partial charge in [0.15, 0.2) is 5.82 Å². The topological polar surface area (TPSA) is 116 Å². The van der Waals surface area contributed by atoms with Crippen molar-refractivity contribution in [2.75, 3.05) is 10.6 Å². The highest BCUT2D eigenvalue weighted by Crippen LogP contribution is 2.38. The number of rotatable bonds is 6. The number of aryl methyl sites for hydroxylation is 1. The van der Waals surface area contributed by atoms with Crippen molar-refractivity contribution in [3.05, 3.63) is 88.5 Å². The molecule has 0 fully saturated rings. The number of benzene rings is 2. The average Bonchev–Trinajstić information content (AvgIpc) is 2.96. The van der Waals surface area contributed by atoms with Crippen LogP contribution >= 0.6 is 11.6 Å². The van der Waals surface area contributed by atoms with Crippen LogP contribution in [0.4, 0.5) is 31.7 Å². The number of nitrogens with zero attached hydrogens (tertiary/aromatic N) is 5. The summed E-state index contributed by atoms with van der Waals surface area (Å²) in [5.74, 6) is -2.52. The van der Waals surface area contributed by atoms with Crippen LogP contribution in [0.15, 0.2) is 60.0 Å². The average molecular weight is 558 g/mol. The maximum Gasteiger partial charge on any atom is 0.257 e. The molecule has 200 valence electrons. The zero-order valence-electron chi connectivity index (χ0n) is 21.5. The standard InChI is InChI=1S/C29H22ClF2N7O/c1-29(2,14-33)18-8-3-6-16(22(18)30)28(40)38-20-11-10-19(31)25(23(20)32)39-27-17(7-4-13-35-27)24-26-21(36-15-37-24)9-5-12-34-26/h3-4,6-8,10-13,15H,5,9H2,1-2H3,(H,35,39)(H,38,40). The van der Waals surface area contributed by atoms with Gasteiger partial charge in [-0.1, -0.05) is 23.7 Å². The Bertz CT molecular complexity index is 1720. The molecule has 0 aliphatic carbocycles. The third-order valence-electron chi connectivity index (χ3n) is 6.47. The van der Waals surface area contributed by atoms with Crippen LogP contribution in [0.5, 0.6) is 0 Å². The Hall–Kier alpha value is -4.75. The molecular weight excluding hydrogens is 536 g/mol. The molecule has 4 aromatic rings. The Labute approximate surface area is 233 Å². The first-order valence-corrected chi connectivity index (χ1v) is 12.7. The molecule has 0 unspecified atom stereocenters. The summed E-state index contributed by atoms with van der Waals surface area (Å²) in [6, 6.07) is 12.4. The zero-order valence-corrected chi connectivity index (χ0v) is 22.2. The van der Waals surface area contributed by atoms with Crippen molar-refractivity contribution in [3.63, 3.8) is 0 Å². The smallest absolute Gasteiger partial charge is 0.257 e. The van der Waals surface area contributed by atoms with Gasteiger partial charge in [-0.25, -0.2) is 23.7 Å². The van der Waals surface area contributed by atoms with Crippen LogP contribution in [0, 0.1) is 23.0 Å². The van der Waals surface area contributed by atoms with Gasteiger partial charge in [-0.15, -0.1) is 0 Å². The van der Waals surface area contributed by atoms with E-state index in [1.807, 2.05) is 0 Å². The fraction of sp³-hybridized carbons (Fsp3) is 0.172. The lowest BCUT2D eigenvalue weighted by molar-refractivity contribution is 0.102. The summed E-state index contributed by atoms with van der Waals surface area (Å²) in [7, 11) is 0. The fourth-order valence-electron chi connectivity index (χ4n) is 4.31. The van der Waals surface area contributed by atoms with E-state index in [1.54, 1.807) is 44.3 Å². The Morgan fingerprint density at radius 3 is 2.73 bits per heavy atom. The summed E-state index contributed by atoms with van der Waals surface area (Å²) in [6.45, 7) is 3.34. The van der Waals surface area contributed by atoms with Crippen molar-refractivity contribution in [1.29, 1.82) is 5.26 Å². The number of anilines is 3. The predicted molar refractivity (Wildman–Crippen MR) is 149 cm³/mol. The number of fused-ring (bicyclic) bond motifs is 1. The molecule has 11 heteroatoms. The largest absolute Gasteiger partial charge is 0.335 e. The van der Waals surface area contributed by atoms with Gasteiger partial charge < -0.3 is 10.6 Å². The van der Waals surface area contributed by atoms with E-state index in [9.17, 15) is 14.4 Å². The van der Waals surface area contributed by atoms with Crippen LogP contribution in [0.3, 0.4) is 0 Å². The molecule has 0 spiro atoms. The number of pyridine rings is 1. The van der Waals surface area contributed by atoms with Crippen molar-refractivity contribution in [2.45, 2.75) is 32.1 Å². The van der Waals surface area contributed by atoms with Crippen LogP contribution in [0.1, 0.15) is 41.9 Å². The minimum Gasteiger partial charge on any atom is -0.335 e. The zero-order chi connectivity index (χ0) is 28.4. The van der Waals surface area contributed by atoms with Gasteiger partial charge in [0.1, 0.15) is 35.0 Å². The summed E-state index contributed by atoms with van der Waals surface area (Å²) in [4.78, 5) is 30.4. The molecule has 3 heterocycles. The van der Waals surface area contributed by atoms with E-state index in [4.69, 9.17) is 11.6 Å². The highest BCUT2D eigenvalue weighted by Gasteiger charge is 2.27. The quantitative estimate of drug-likeness (QED) is 0.266. The molecule has 0 atom stereocenters. The Morgan fingerprint density at radius 1 is 1.10 bits per heavy atom. The number of aromatic nitrogens is 3. The minimum absolute atomic E-state index is 0.0434. The molecule has 0 saturated carbocycles. The summed E-state index contributed by atoms with van der Waals surface area (Å²) >= 11 is 6.46.